The second-order valence-corrected chi connectivity index (χ2v) is 7.54. The van der Waals surface area contributed by atoms with Crippen LogP contribution in [-0.2, 0) is 71.6 Å². The van der Waals surface area contributed by atoms with E-state index in [2.05, 4.69) is 150 Å². The third-order valence-corrected chi connectivity index (χ3v) is 0.707. The van der Waals surface area contributed by atoms with Gasteiger partial charge in [0.15, 0.2) is 0 Å². The molecule has 0 aliphatic rings. The third-order valence-electron chi connectivity index (χ3n) is 0.707. The molecule has 0 unspecified atom stereocenters. The van der Waals surface area contributed by atoms with Gasteiger partial charge in [-0.25, -0.2) is 0 Å². The van der Waals surface area contributed by atoms with Crippen molar-refractivity contribution in [3.8, 4) is 0 Å². The molecule has 0 aliphatic heterocycles. The average molecular weight is 579 g/mol. The Morgan fingerprint density at radius 2 is 0.680 bits per heavy atom. The van der Waals surface area contributed by atoms with Gasteiger partial charge in [-0.05, 0) is 0 Å². The topological polar surface area (TPSA) is 104 Å². The largest absolute Gasteiger partial charge is 4.00 e. The minimum atomic E-state index is 0. The Bertz CT molecular complexity index is 222. The molecule has 0 fully saturated rings. The predicted molar refractivity (Wildman–Crippen MR) is 137 cm³/mol. The van der Waals surface area contributed by atoms with E-state index >= 15 is 0 Å². The molecule has 0 atom stereocenters. The Morgan fingerprint density at radius 3 is 0.680 bits per heavy atom. The number of hydrogen-bond acceptors (Lipinski definition) is 8. The first-order valence-electron chi connectivity index (χ1n) is 6.20. The van der Waals surface area contributed by atoms with Crippen LogP contribution in [0.4, 0.5) is 0 Å². The zero-order chi connectivity index (χ0) is 21.1. The Hall–Kier alpha value is 1.13. The Labute approximate surface area is 212 Å². The molecule has 150 valence electrons. The van der Waals surface area contributed by atoms with Crippen molar-refractivity contribution in [2.24, 2.45) is 22.9 Å². The molecule has 0 spiro atoms. The van der Waals surface area contributed by atoms with Gasteiger partial charge in [-0.2, -0.15) is 12.8 Å². The molecular formula is C12H26MoN4S8-2. The van der Waals surface area contributed by atoms with E-state index in [9.17, 15) is 0 Å². The van der Waals surface area contributed by atoms with Crippen LogP contribution >= 0.6 is 48.9 Å². The molecule has 0 aromatic heterocycles. The molecule has 0 aromatic carbocycles. The van der Waals surface area contributed by atoms with Crippen molar-refractivity contribution in [2.75, 3.05) is 0 Å². The van der Waals surface area contributed by atoms with Gasteiger partial charge in [-0.3, -0.25) is 0 Å². The normalized spacial score (nSPS) is 6.24. The summed E-state index contributed by atoms with van der Waals surface area (Å²) in [5.41, 5.74) is 18.6. The molecule has 0 amide bonds. The Morgan fingerprint density at radius 1 is 0.640 bits per heavy atom. The number of unbranched alkanes of at least 4 members (excludes halogenated alkanes) is 2. The summed E-state index contributed by atoms with van der Waals surface area (Å²) in [6.07, 6.45) is 4.56. The number of rotatable bonds is 2. The van der Waals surface area contributed by atoms with Crippen LogP contribution < -0.4 is 22.9 Å². The minimum absolute atomic E-state index is 0. The summed E-state index contributed by atoms with van der Waals surface area (Å²) in [5, 5.41) is 0. The van der Waals surface area contributed by atoms with E-state index in [1.165, 1.54) is 12.8 Å². The van der Waals surface area contributed by atoms with Gasteiger partial charge >= 0.3 is 21.1 Å². The number of hydrogen-bond donors (Lipinski definition) is 4. The van der Waals surface area contributed by atoms with E-state index in [0.29, 0.717) is 0 Å². The fourth-order valence-electron chi connectivity index (χ4n) is 0. The van der Waals surface area contributed by atoms with Crippen LogP contribution in [0.2, 0.25) is 0 Å². The summed E-state index contributed by atoms with van der Waals surface area (Å²) >= 11 is 33.0. The van der Waals surface area contributed by atoms with Crippen molar-refractivity contribution in [3.05, 3.63) is 13.8 Å². The molecule has 0 bridgehead atoms. The van der Waals surface area contributed by atoms with Crippen LogP contribution in [0, 0.1) is 13.8 Å². The smallest absolute Gasteiger partial charge is 0.415 e. The second kappa shape index (κ2) is 49.9. The van der Waals surface area contributed by atoms with Gasteiger partial charge in [0, 0.05) is 0 Å². The van der Waals surface area contributed by atoms with Gasteiger partial charge in [0.1, 0.15) is 0 Å². The van der Waals surface area contributed by atoms with Gasteiger partial charge < -0.3 is 136 Å². The molecule has 0 heterocycles. The van der Waals surface area contributed by atoms with Gasteiger partial charge in [0.2, 0.25) is 0 Å². The van der Waals surface area contributed by atoms with Crippen molar-refractivity contribution in [2.45, 2.75) is 39.5 Å². The van der Waals surface area contributed by atoms with E-state index in [1.54, 1.807) is 0 Å². The fraction of sp³-hybridized carbons (Fsp3) is 0.500. The van der Waals surface area contributed by atoms with Gasteiger partial charge in [-0.1, -0.05) is 44.0 Å². The van der Waals surface area contributed by atoms with Gasteiger partial charge in [0.05, 0.1) is 0 Å². The summed E-state index contributed by atoms with van der Waals surface area (Å²) in [6, 6.07) is 0. The molecule has 0 aliphatic carbocycles. The van der Waals surface area contributed by atoms with Crippen molar-refractivity contribution in [3.63, 3.8) is 0 Å². The van der Waals surface area contributed by atoms with E-state index < -0.39 is 0 Å². The minimum Gasteiger partial charge on any atom is -0.415 e. The quantitative estimate of drug-likeness (QED) is 0.167. The van der Waals surface area contributed by atoms with Gasteiger partial charge in [-0.15, -0.1) is 0 Å². The van der Waals surface area contributed by atoms with Crippen LogP contribution in [0.5, 0.6) is 0 Å². The van der Waals surface area contributed by atoms with Gasteiger partial charge in [0.25, 0.3) is 0 Å². The van der Waals surface area contributed by atoms with E-state index in [-0.39, 0.29) is 38.3 Å². The van der Waals surface area contributed by atoms with Crippen molar-refractivity contribution in [1.29, 1.82) is 0 Å². The third kappa shape index (κ3) is 1370. The van der Waals surface area contributed by atoms with Crippen molar-refractivity contribution >= 4 is 117 Å². The maximum atomic E-state index is 4.66. The summed E-state index contributed by atoms with van der Waals surface area (Å²) in [7, 11) is 0. The number of thiocarbonyl (C=S) groups is 4. The Balaban J connectivity index is -0.0000000309. The maximum absolute atomic E-state index is 4.66. The van der Waals surface area contributed by atoms with Crippen LogP contribution in [0.15, 0.2) is 0 Å². The van der Waals surface area contributed by atoms with E-state index in [0.717, 1.165) is 12.8 Å². The SMILES string of the molecule is NC(=S)[S-].NC(=S)[S-].NC(=S)[S-].NC(=S)[S-].[CH2-]CCC.[CH2-]CCC.[Mo+4]. The first-order chi connectivity index (χ1) is 10.8. The summed E-state index contributed by atoms with van der Waals surface area (Å²) in [5.74, 6) is 0. The van der Waals surface area contributed by atoms with E-state index in [4.69, 9.17) is 0 Å². The summed E-state index contributed by atoms with van der Waals surface area (Å²) in [4.78, 5) is 0. The van der Waals surface area contributed by atoms with Crippen LogP contribution in [-0.4, -0.2) is 17.3 Å². The molecule has 8 N–H and O–H groups in total. The van der Waals surface area contributed by atoms with Crippen LogP contribution in [0.1, 0.15) is 39.5 Å². The molecular weight excluding hydrogens is 553 g/mol. The summed E-state index contributed by atoms with van der Waals surface area (Å²) < 4.78 is 0.333. The predicted octanol–water partition coefficient (Wildman–Crippen LogP) is 2.35. The molecule has 25 heavy (non-hydrogen) atoms. The average Bonchev–Trinajstić information content (AvgIpc) is 2.36. The first-order valence-corrected chi connectivity index (χ1v) is 9.47. The standard InChI is InChI=1S/2C4H9.4CH3NS2.Mo/c2*1-3-4-2;4*2-1(3)4;/h2*1,3-4H2,2H3;4*(H3,2,3,4);/q2*-1;;;;;+4/p-4. The zero-order valence-corrected chi connectivity index (χ0v) is 22.8. The molecule has 4 nitrogen and oxygen atoms in total. The van der Waals surface area contributed by atoms with Crippen LogP contribution in [0.3, 0.4) is 0 Å². The Kier molecular flexibility index (Phi) is 89.9. The fourth-order valence-corrected chi connectivity index (χ4v) is 0. The molecule has 0 saturated heterocycles. The first kappa shape index (κ1) is 45.1. The number of nitrogens with two attached hydrogens (primary N) is 4. The maximum Gasteiger partial charge on any atom is 4.00 e. The summed E-state index contributed by atoms with van der Waals surface area (Å²) in [6.45, 7) is 11.4. The molecule has 0 rings (SSSR count). The van der Waals surface area contributed by atoms with Crippen molar-refractivity contribution < 1.29 is 21.1 Å². The molecule has 0 aromatic rings. The molecule has 0 saturated carbocycles. The molecule has 13 heteroatoms. The monoisotopic (exact) mass is 580 g/mol. The van der Waals surface area contributed by atoms with Crippen LogP contribution in [0.25, 0.3) is 0 Å². The second-order valence-electron chi connectivity index (χ2n) is 2.98. The molecule has 0 radical (unpaired) electrons. The van der Waals surface area contributed by atoms with E-state index in [1.807, 2.05) is 0 Å². The zero-order valence-electron chi connectivity index (χ0n) is 14.2. The van der Waals surface area contributed by atoms with Crippen molar-refractivity contribution in [1.82, 2.24) is 0 Å².